The zero-order valence-corrected chi connectivity index (χ0v) is 29.4. The van der Waals surface area contributed by atoms with Gasteiger partial charge in [-0.3, -0.25) is 4.98 Å². The molecule has 1 aliphatic rings. The van der Waals surface area contributed by atoms with Crippen molar-refractivity contribution in [1.29, 1.82) is 0 Å². The summed E-state index contributed by atoms with van der Waals surface area (Å²) >= 11 is 0. The number of hydrogen-bond donors (Lipinski definition) is 0. The molecular weight excluding hydrogens is 653 g/mol. The first-order valence-corrected chi connectivity index (χ1v) is 18.7. The second-order valence-corrected chi connectivity index (χ2v) is 14.7. The topological polar surface area (TPSA) is 17.8 Å². The van der Waals surface area contributed by atoms with Gasteiger partial charge >= 0.3 is 0 Å². The second kappa shape index (κ2) is 11.2. The summed E-state index contributed by atoms with van der Waals surface area (Å²) in [4.78, 5) is 4.57. The zero-order chi connectivity index (χ0) is 35.3. The number of hydrogen-bond acceptors (Lipinski definition) is 1. The lowest BCUT2D eigenvalue weighted by molar-refractivity contribution is 1.19. The van der Waals surface area contributed by atoms with Gasteiger partial charge in [0.25, 0.3) is 0 Å². The molecule has 0 saturated heterocycles. The van der Waals surface area contributed by atoms with Gasteiger partial charge in [-0.05, 0) is 119 Å². The minimum absolute atomic E-state index is 0.965. The Morgan fingerprint density at radius 1 is 0.426 bits per heavy atom. The molecule has 0 N–H and O–H groups in total. The summed E-state index contributed by atoms with van der Waals surface area (Å²) in [7, 11) is 0. The fraction of sp³-hybridized carbons (Fsp3) is 0.0192. The summed E-state index contributed by atoms with van der Waals surface area (Å²) in [6, 6.07) is 63.0. The van der Waals surface area contributed by atoms with E-state index in [9.17, 15) is 0 Å². The van der Waals surface area contributed by atoms with Crippen molar-refractivity contribution in [3.05, 3.63) is 193 Å². The summed E-state index contributed by atoms with van der Waals surface area (Å²) in [5, 5.41) is 12.8. The van der Waals surface area contributed by atoms with Crippen molar-refractivity contribution in [1.82, 2.24) is 9.55 Å². The van der Waals surface area contributed by atoms with Gasteiger partial charge < -0.3 is 4.57 Å². The fourth-order valence-electron chi connectivity index (χ4n) is 9.55. The fourth-order valence-corrected chi connectivity index (χ4v) is 9.55. The molecule has 0 spiro atoms. The van der Waals surface area contributed by atoms with Crippen molar-refractivity contribution in [2.75, 3.05) is 0 Å². The van der Waals surface area contributed by atoms with Crippen LogP contribution in [-0.4, -0.2) is 9.55 Å². The lowest BCUT2D eigenvalue weighted by Gasteiger charge is -2.18. The maximum atomic E-state index is 4.57. The molecule has 250 valence electrons. The maximum absolute atomic E-state index is 4.57. The van der Waals surface area contributed by atoms with E-state index in [1.807, 2.05) is 18.5 Å². The molecule has 2 heterocycles. The predicted octanol–water partition coefficient (Wildman–Crippen LogP) is 13.7. The normalized spacial score (nSPS) is 12.4. The van der Waals surface area contributed by atoms with Crippen LogP contribution in [-0.2, 0) is 6.42 Å². The van der Waals surface area contributed by atoms with Gasteiger partial charge in [0, 0.05) is 39.8 Å². The molecule has 54 heavy (non-hydrogen) atoms. The van der Waals surface area contributed by atoms with Gasteiger partial charge in [0.15, 0.2) is 0 Å². The van der Waals surface area contributed by atoms with Gasteiger partial charge in [0.2, 0.25) is 0 Å². The predicted molar refractivity (Wildman–Crippen MR) is 228 cm³/mol. The molecule has 0 bridgehead atoms. The van der Waals surface area contributed by atoms with Gasteiger partial charge in [-0.15, -0.1) is 0 Å². The second-order valence-electron chi connectivity index (χ2n) is 14.7. The van der Waals surface area contributed by atoms with Gasteiger partial charge in [0.1, 0.15) is 0 Å². The van der Waals surface area contributed by atoms with Crippen LogP contribution < -0.4 is 0 Å². The molecule has 12 rings (SSSR count). The molecule has 2 nitrogen and oxygen atoms in total. The minimum Gasteiger partial charge on any atom is -0.309 e. The highest BCUT2D eigenvalue weighted by atomic mass is 15.0. The zero-order valence-electron chi connectivity index (χ0n) is 29.4. The SMILES string of the molecule is c1cncc(-c2cc(-c3cc4ccccc4c4ccccc34)cc(-n3c4ccccc4c4c5ccccc5c5c6c(ccc5c43)Cc3ccccc3-6)c2)c1. The molecule has 2 aromatic heterocycles. The first kappa shape index (κ1) is 29.5. The van der Waals surface area contributed by atoms with Crippen LogP contribution in [0.5, 0.6) is 0 Å². The molecule has 9 aromatic carbocycles. The summed E-state index contributed by atoms with van der Waals surface area (Å²) in [5.74, 6) is 0. The number of rotatable bonds is 3. The highest BCUT2D eigenvalue weighted by Crippen LogP contribution is 2.49. The first-order valence-electron chi connectivity index (χ1n) is 18.7. The van der Waals surface area contributed by atoms with Crippen molar-refractivity contribution in [2.24, 2.45) is 0 Å². The number of pyridine rings is 1. The van der Waals surface area contributed by atoms with E-state index in [0.29, 0.717) is 0 Å². The van der Waals surface area contributed by atoms with E-state index in [1.165, 1.54) is 98.3 Å². The van der Waals surface area contributed by atoms with Crippen molar-refractivity contribution >= 4 is 64.9 Å². The van der Waals surface area contributed by atoms with Crippen molar-refractivity contribution in [3.63, 3.8) is 0 Å². The van der Waals surface area contributed by atoms with Crippen LogP contribution in [0.1, 0.15) is 11.1 Å². The lowest BCUT2D eigenvalue weighted by Crippen LogP contribution is -1.98. The number of aromatic nitrogens is 2. The summed E-state index contributed by atoms with van der Waals surface area (Å²) in [5.41, 5.74) is 13.8. The molecule has 0 amide bonds. The smallest absolute Gasteiger partial charge is 0.0626 e. The average Bonchev–Trinajstić information content (AvgIpc) is 3.80. The maximum Gasteiger partial charge on any atom is 0.0626 e. The molecule has 0 aliphatic heterocycles. The third-order valence-electron chi connectivity index (χ3n) is 11.8. The number of para-hydroxylation sites is 1. The molecule has 0 fully saturated rings. The highest BCUT2D eigenvalue weighted by Gasteiger charge is 2.26. The quantitative estimate of drug-likeness (QED) is 0.169. The van der Waals surface area contributed by atoms with Crippen LogP contribution in [0.3, 0.4) is 0 Å². The molecule has 2 heteroatoms. The minimum atomic E-state index is 0.965. The molecule has 0 saturated carbocycles. The Labute approximate surface area is 312 Å². The Bertz CT molecular complexity index is 3350. The molecule has 0 unspecified atom stereocenters. The van der Waals surface area contributed by atoms with Crippen LogP contribution >= 0.6 is 0 Å². The third kappa shape index (κ3) is 4.14. The van der Waals surface area contributed by atoms with E-state index in [4.69, 9.17) is 0 Å². The van der Waals surface area contributed by atoms with Gasteiger partial charge in [-0.2, -0.15) is 0 Å². The van der Waals surface area contributed by atoms with E-state index in [2.05, 4.69) is 173 Å². The van der Waals surface area contributed by atoms with Gasteiger partial charge in [0.05, 0.1) is 11.0 Å². The van der Waals surface area contributed by atoms with Crippen molar-refractivity contribution < 1.29 is 0 Å². The van der Waals surface area contributed by atoms with E-state index in [-0.39, 0.29) is 0 Å². The highest BCUT2D eigenvalue weighted by molar-refractivity contribution is 6.34. The Morgan fingerprint density at radius 3 is 1.98 bits per heavy atom. The van der Waals surface area contributed by atoms with Crippen LogP contribution in [0.25, 0.3) is 104 Å². The van der Waals surface area contributed by atoms with E-state index in [0.717, 1.165) is 23.2 Å². The number of nitrogens with zero attached hydrogens (tertiary/aromatic N) is 2. The molecule has 0 atom stereocenters. The molecule has 0 radical (unpaired) electrons. The largest absolute Gasteiger partial charge is 0.309 e. The summed E-state index contributed by atoms with van der Waals surface area (Å²) in [6.45, 7) is 0. The standard InChI is InChI=1S/C52H32N2/c1-3-15-39-33(13-1)30-47(42-18-6-5-17-41(39)42)37-27-36(35-14-11-25-53-31-35)28-38(29-37)54-48-22-10-9-21-45(48)51-44-20-8-7-19-43(44)50-46(52(51)54)24-23-34-26-32-12-2-4-16-40(32)49(34)50/h1-25,27-31H,26H2. The van der Waals surface area contributed by atoms with E-state index < -0.39 is 0 Å². The Kier molecular flexibility index (Phi) is 6.14. The molecule has 1 aliphatic carbocycles. The van der Waals surface area contributed by atoms with Gasteiger partial charge in [-0.1, -0.05) is 133 Å². The number of benzene rings is 9. The van der Waals surface area contributed by atoms with Crippen LogP contribution in [0, 0.1) is 0 Å². The Morgan fingerprint density at radius 2 is 1.13 bits per heavy atom. The van der Waals surface area contributed by atoms with E-state index >= 15 is 0 Å². The third-order valence-corrected chi connectivity index (χ3v) is 11.8. The first-order chi connectivity index (χ1) is 26.8. The van der Waals surface area contributed by atoms with Crippen molar-refractivity contribution in [3.8, 4) is 39.1 Å². The molecule has 11 aromatic rings. The lowest BCUT2D eigenvalue weighted by atomic mass is 9.90. The van der Waals surface area contributed by atoms with Crippen LogP contribution in [0.15, 0.2) is 182 Å². The monoisotopic (exact) mass is 684 g/mol. The molecular formula is C52H32N2. The Hall–Kier alpha value is -7.03. The average molecular weight is 685 g/mol. The van der Waals surface area contributed by atoms with Gasteiger partial charge in [-0.25, -0.2) is 0 Å². The summed E-state index contributed by atoms with van der Waals surface area (Å²) < 4.78 is 2.54. The summed E-state index contributed by atoms with van der Waals surface area (Å²) in [6.07, 6.45) is 4.80. The Balaban J connectivity index is 1.26. The van der Waals surface area contributed by atoms with E-state index in [1.54, 1.807) is 0 Å². The van der Waals surface area contributed by atoms with Crippen LogP contribution in [0.4, 0.5) is 0 Å². The van der Waals surface area contributed by atoms with Crippen molar-refractivity contribution in [2.45, 2.75) is 6.42 Å². The number of fused-ring (bicyclic) bond motifs is 15. The van der Waals surface area contributed by atoms with Crippen LogP contribution in [0.2, 0.25) is 0 Å².